The predicted octanol–water partition coefficient (Wildman–Crippen LogP) is 2.66. The zero-order valence-electron chi connectivity index (χ0n) is 11.0. The van der Waals surface area contributed by atoms with Crippen LogP contribution in [0.2, 0.25) is 0 Å². The first-order valence-corrected chi connectivity index (χ1v) is 7.12. The van der Waals surface area contributed by atoms with E-state index in [1.165, 1.54) is 30.0 Å². The molecular weight excluding hydrogens is 291 g/mol. The standard InChI is InChI=1S/C15H13FN2O2S/c16-11-5-3-4-10(8-11)15(20)18-12-6-1-2-7-13(12)21-9-14(17)19/h1-8H,9H2,(H2,17,19)(H,18,20). The van der Waals surface area contributed by atoms with Crippen molar-refractivity contribution in [3.8, 4) is 0 Å². The summed E-state index contributed by atoms with van der Waals surface area (Å²) in [6.07, 6.45) is 0. The van der Waals surface area contributed by atoms with Crippen molar-refractivity contribution in [3.05, 3.63) is 59.9 Å². The number of carbonyl (C=O) groups is 2. The lowest BCUT2D eigenvalue weighted by Gasteiger charge is -2.10. The van der Waals surface area contributed by atoms with Crippen molar-refractivity contribution in [1.82, 2.24) is 0 Å². The molecule has 4 nitrogen and oxygen atoms in total. The Balaban J connectivity index is 2.15. The van der Waals surface area contributed by atoms with Crippen LogP contribution in [0.15, 0.2) is 53.4 Å². The largest absolute Gasteiger partial charge is 0.369 e. The Morgan fingerprint density at radius 3 is 2.62 bits per heavy atom. The van der Waals surface area contributed by atoms with Crippen molar-refractivity contribution in [3.63, 3.8) is 0 Å². The fraction of sp³-hybridized carbons (Fsp3) is 0.0667. The summed E-state index contributed by atoms with van der Waals surface area (Å²) >= 11 is 1.23. The Hall–Kier alpha value is -2.34. The SMILES string of the molecule is NC(=O)CSc1ccccc1NC(=O)c1cccc(F)c1. The molecule has 21 heavy (non-hydrogen) atoms. The number of primary amides is 1. The average Bonchev–Trinajstić information content (AvgIpc) is 2.46. The first kappa shape index (κ1) is 15.1. The molecule has 0 aromatic heterocycles. The topological polar surface area (TPSA) is 72.2 Å². The number of nitrogens with one attached hydrogen (secondary N) is 1. The summed E-state index contributed by atoms with van der Waals surface area (Å²) in [6, 6.07) is 12.5. The molecule has 2 rings (SSSR count). The minimum Gasteiger partial charge on any atom is -0.369 e. The monoisotopic (exact) mass is 304 g/mol. The lowest BCUT2D eigenvalue weighted by Crippen LogP contribution is -2.14. The van der Waals surface area contributed by atoms with E-state index in [1.54, 1.807) is 24.3 Å². The molecule has 108 valence electrons. The molecule has 0 saturated heterocycles. The van der Waals surface area contributed by atoms with Crippen LogP contribution in [0.3, 0.4) is 0 Å². The number of para-hydroxylation sites is 1. The summed E-state index contributed by atoms with van der Waals surface area (Å²) in [5.74, 6) is -1.21. The van der Waals surface area contributed by atoms with Gasteiger partial charge in [0.05, 0.1) is 11.4 Å². The van der Waals surface area contributed by atoms with Crippen LogP contribution in [0.25, 0.3) is 0 Å². The van der Waals surface area contributed by atoms with Gasteiger partial charge in [0.1, 0.15) is 5.82 Å². The number of nitrogens with two attached hydrogens (primary N) is 1. The number of hydrogen-bond acceptors (Lipinski definition) is 3. The van der Waals surface area contributed by atoms with Crippen LogP contribution >= 0.6 is 11.8 Å². The third kappa shape index (κ3) is 4.32. The Bertz CT molecular complexity index is 676. The molecule has 0 atom stereocenters. The van der Waals surface area contributed by atoms with E-state index >= 15 is 0 Å². The molecule has 0 spiro atoms. The first-order valence-electron chi connectivity index (χ1n) is 6.13. The maximum absolute atomic E-state index is 13.1. The van der Waals surface area contributed by atoms with Gasteiger partial charge in [-0.25, -0.2) is 4.39 Å². The number of benzene rings is 2. The average molecular weight is 304 g/mol. The van der Waals surface area contributed by atoms with Crippen LogP contribution in [-0.2, 0) is 4.79 Å². The number of halogens is 1. The van der Waals surface area contributed by atoms with Gasteiger partial charge in [-0.1, -0.05) is 18.2 Å². The fourth-order valence-corrected chi connectivity index (χ4v) is 2.42. The van der Waals surface area contributed by atoms with Crippen molar-refractivity contribution in [1.29, 1.82) is 0 Å². The Morgan fingerprint density at radius 1 is 1.14 bits per heavy atom. The molecule has 2 aromatic carbocycles. The Morgan fingerprint density at radius 2 is 1.90 bits per heavy atom. The van der Waals surface area contributed by atoms with Gasteiger partial charge in [0.15, 0.2) is 0 Å². The van der Waals surface area contributed by atoms with E-state index in [1.807, 2.05) is 0 Å². The molecule has 0 aliphatic heterocycles. The molecule has 0 saturated carbocycles. The van der Waals surface area contributed by atoms with Gasteiger partial charge in [-0.05, 0) is 30.3 Å². The molecule has 0 aliphatic rings. The number of thioether (sulfide) groups is 1. The molecule has 0 bridgehead atoms. The first-order chi connectivity index (χ1) is 10.1. The van der Waals surface area contributed by atoms with Crippen LogP contribution in [0.4, 0.5) is 10.1 Å². The quantitative estimate of drug-likeness (QED) is 0.834. The van der Waals surface area contributed by atoms with Gasteiger partial charge in [0, 0.05) is 10.5 Å². The van der Waals surface area contributed by atoms with Crippen LogP contribution < -0.4 is 11.1 Å². The van der Waals surface area contributed by atoms with Crippen molar-refractivity contribution < 1.29 is 14.0 Å². The minimum absolute atomic E-state index is 0.118. The molecule has 3 N–H and O–H groups in total. The van der Waals surface area contributed by atoms with Gasteiger partial charge < -0.3 is 11.1 Å². The minimum atomic E-state index is -0.473. The smallest absolute Gasteiger partial charge is 0.255 e. The summed E-state index contributed by atoms with van der Waals surface area (Å²) in [7, 11) is 0. The molecular formula is C15H13FN2O2S. The van der Waals surface area contributed by atoms with Crippen molar-refractivity contribution in [2.75, 3.05) is 11.1 Å². The van der Waals surface area contributed by atoms with Gasteiger partial charge in [-0.15, -0.1) is 11.8 Å². The predicted molar refractivity (Wildman–Crippen MR) is 80.7 cm³/mol. The third-order valence-corrected chi connectivity index (χ3v) is 3.69. The highest BCUT2D eigenvalue weighted by atomic mass is 32.2. The summed E-state index contributed by atoms with van der Waals surface area (Å²) in [5, 5.41) is 2.70. The summed E-state index contributed by atoms with van der Waals surface area (Å²) in [5.41, 5.74) is 5.89. The maximum atomic E-state index is 13.1. The molecule has 0 radical (unpaired) electrons. The zero-order chi connectivity index (χ0) is 15.2. The van der Waals surface area contributed by atoms with Gasteiger partial charge in [-0.3, -0.25) is 9.59 Å². The Kier molecular flexibility index (Phi) is 4.94. The van der Waals surface area contributed by atoms with E-state index in [2.05, 4.69) is 5.32 Å². The van der Waals surface area contributed by atoms with Crippen molar-refractivity contribution in [2.24, 2.45) is 5.73 Å². The zero-order valence-corrected chi connectivity index (χ0v) is 11.8. The van der Waals surface area contributed by atoms with E-state index in [4.69, 9.17) is 5.73 Å². The number of carbonyl (C=O) groups excluding carboxylic acids is 2. The van der Waals surface area contributed by atoms with E-state index < -0.39 is 17.6 Å². The molecule has 0 heterocycles. The van der Waals surface area contributed by atoms with Gasteiger partial charge in [0.25, 0.3) is 5.91 Å². The second kappa shape index (κ2) is 6.90. The molecule has 0 unspecified atom stereocenters. The van der Waals surface area contributed by atoms with Crippen molar-refractivity contribution in [2.45, 2.75) is 4.90 Å². The maximum Gasteiger partial charge on any atom is 0.255 e. The normalized spacial score (nSPS) is 10.1. The van der Waals surface area contributed by atoms with Crippen LogP contribution in [0.5, 0.6) is 0 Å². The highest BCUT2D eigenvalue weighted by molar-refractivity contribution is 8.00. The number of amides is 2. The lowest BCUT2D eigenvalue weighted by atomic mass is 10.2. The van der Waals surface area contributed by atoms with Crippen LogP contribution in [-0.4, -0.2) is 17.6 Å². The molecule has 0 aliphatic carbocycles. The highest BCUT2D eigenvalue weighted by Crippen LogP contribution is 2.27. The number of hydrogen-bond donors (Lipinski definition) is 2. The van der Waals surface area contributed by atoms with Crippen LogP contribution in [0.1, 0.15) is 10.4 Å². The van der Waals surface area contributed by atoms with E-state index in [-0.39, 0.29) is 11.3 Å². The number of anilines is 1. The van der Waals surface area contributed by atoms with E-state index in [0.29, 0.717) is 5.69 Å². The third-order valence-electron chi connectivity index (χ3n) is 2.59. The Labute approximate surface area is 125 Å². The number of rotatable bonds is 5. The lowest BCUT2D eigenvalue weighted by molar-refractivity contribution is -0.115. The van der Waals surface area contributed by atoms with Gasteiger partial charge >= 0.3 is 0 Å². The molecule has 2 amide bonds. The summed E-state index contributed by atoms with van der Waals surface area (Å²) in [4.78, 5) is 23.6. The van der Waals surface area contributed by atoms with Crippen molar-refractivity contribution >= 4 is 29.3 Å². The summed E-state index contributed by atoms with van der Waals surface area (Å²) < 4.78 is 13.1. The van der Waals surface area contributed by atoms with E-state index in [9.17, 15) is 14.0 Å². The summed E-state index contributed by atoms with van der Waals surface area (Å²) in [6.45, 7) is 0. The molecule has 0 fully saturated rings. The van der Waals surface area contributed by atoms with Crippen LogP contribution in [0, 0.1) is 5.82 Å². The second-order valence-corrected chi connectivity index (χ2v) is 5.23. The molecule has 2 aromatic rings. The second-order valence-electron chi connectivity index (χ2n) is 4.22. The highest BCUT2D eigenvalue weighted by Gasteiger charge is 2.10. The van der Waals surface area contributed by atoms with E-state index in [0.717, 1.165) is 11.0 Å². The fourth-order valence-electron chi connectivity index (χ4n) is 1.67. The molecule has 6 heteroatoms. The van der Waals surface area contributed by atoms with Gasteiger partial charge in [0.2, 0.25) is 5.91 Å². The van der Waals surface area contributed by atoms with Gasteiger partial charge in [-0.2, -0.15) is 0 Å².